The Kier molecular flexibility index (Phi) is 7.42. The zero-order valence-electron chi connectivity index (χ0n) is 33.4. The van der Waals surface area contributed by atoms with Gasteiger partial charge in [0.2, 0.25) is 0 Å². The molecule has 2 heteroatoms. The van der Waals surface area contributed by atoms with E-state index in [1.807, 2.05) is 0 Å². The van der Waals surface area contributed by atoms with Gasteiger partial charge < -0.3 is 9.13 Å². The molecule has 0 amide bonds. The van der Waals surface area contributed by atoms with Gasteiger partial charge in [-0.3, -0.25) is 0 Å². The van der Waals surface area contributed by atoms with Gasteiger partial charge in [-0.15, -0.1) is 0 Å². The quantitative estimate of drug-likeness (QED) is 0.158. The standard InChI is InChI=1S/C58H42N2/c1-2-14-40(15-3-1)59-54-24-12-10-22-49(54)52-34-37(27-31-57(52)59)38-28-32-58-53(35-38)50-23-11-13-25-55(50)60(58)56-33-30-41(42-16-8-9-21-48(42)56)39-26-29-47-45-19-5-4-17-43(45)44-18-6-7-20-46(44)51(47)36-39/h1-3,5-11,13-16,18-23,25-36,48,56H,4,12,17,24H2. The molecule has 0 spiro atoms. The number of para-hydroxylation sites is 2. The van der Waals surface area contributed by atoms with Gasteiger partial charge in [0.15, 0.2) is 0 Å². The minimum absolute atomic E-state index is 0.129. The third-order valence-corrected chi connectivity index (χ3v) is 13.8. The van der Waals surface area contributed by atoms with E-state index in [0.717, 1.165) is 25.7 Å². The lowest BCUT2D eigenvalue weighted by Crippen LogP contribution is -2.21. The first kappa shape index (κ1) is 33.8. The van der Waals surface area contributed by atoms with Crippen LogP contribution >= 0.6 is 0 Å². The SMILES string of the molecule is C1=CC2=C(c3ccc4c5c(c6ccccc6c4c3)CCC=C5)C=CC(n3c4ccccc4c4cc(-c5ccc6c(c5)c5c(n6-c6ccccc6)CCC=C5)ccc43)C2C=C1. The van der Waals surface area contributed by atoms with Crippen molar-refractivity contribution in [2.24, 2.45) is 5.92 Å². The van der Waals surface area contributed by atoms with Crippen LogP contribution in [0.25, 0.3) is 88.8 Å². The molecule has 2 aromatic heterocycles. The highest BCUT2D eigenvalue weighted by atomic mass is 15.0. The minimum atomic E-state index is 0.129. The molecule has 2 nitrogen and oxygen atoms in total. The van der Waals surface area contributed by atoms with Gasteiger partial charge in [-0.25, -0.2) is 0 Å². The third kappa shape index (κ3) is 4.94. The van der Waals surface area contributed by atoms with Crippen molar-refractivity contribution in [3.63, 3.8) is 0 Å². The van der Waals surface area contributed by atoms with Gasteiger partial charge in [-0.2, -0.15) is 0 Å². The molecule has 0 bridgehead atoms. The Balaban J connectivity index is 0.928. The molecule has 4 aliphatic rings. The van der Waals surface area contributed by atoms with Crippen molar-refractivity contribution in [3.8, 4) is 16.8 Å². The molecule has 0 fully saturated rings. The summed E-state index contributed by atoms with van der Waals surface area (Å²) < 4.78 is 5.08. The number of fused-ring (bicyclic) bond motifs is 13. The van der Waals surface area contributed by atoms with Crippen LogP contribution in [0.4, 0.5) is 0 Å². The van der Waals surface area contributed by atoms with Crippen molar-refractivity contribution in [3.05, 3.63) is 216 Å². The maximum Gasteiger partial charge on any atom is 0.0629 e. The smallest absolute Gasteiger partial charge is 0.0629 e. The monoisotopic (exact) mass is 766 g/mol. The van der Waals surface area contributed by atoms with Crippen molar-refractivity contribution >= 4 is 72.0 Å². The van der Waals surface area contributed by atoms with E-state index < -0.39 is 0 Å². The zero-order valence-corrected chi connectivity index (χ0v) is 33.4. The molecule has 0 N–H and O–H groups in total. The van der Waals surface area contributed by atoms with Crippen molar-refractivity contribution in [1.29, 1.82) is 0 Å². The fraction of sp³-hybridized carbons (Fsp3) is 0.103. The molecule has 2 atom stereocenters. The largest absolute Gasteiger partial charge is 0.332 e. The summed E-state index contributed by atoms with van der Waals surface area (Å²) in [5.41, 5.74) is 17.2. The van der Waals surface area contributed by atoms with Crippen LogP contribution in [0.5, 0.6) is 0 Å². The molecule has 13 rings (SSSR count). The number of aromatic nitrogens is 2. The second kappa shape index (κ2) is 13.2. The molecule has 7 aromatic carbocycles. The van der Waals surface area contributed by atoms with E-state index in [1.165, 1.54) is 110 Å². The summed E-state index contributed by atoms with van der Waals surface area (Å²) in [4.78, 5) is 0. The van der Waals surface area contributed by atoms with Crippen LogP contribution in [0.15, 0.2) is 188 Å². The summed E-state index contributed by atoms with van der Waals surface area (Å²) in [5.74, 6) is 0.197. The molecule has 60 heavy (non-hydrogen) atoms. The highest BCUT2D eigenvalue weighted by Gasteiger charge is 2.31. The van der Waals surface area contributed by atoms with Crippen LogP contribution in [0.1, 0.15) is 46.8 Å². The molecule has 2 unspecified atom stereocenters. The van der Waals surface area contributed by atoms with E-state index in [9.17, 15) is 0 Å². The maximum absolute atomic E-state index is 2.60. The average Bonchev–Trinajstić information content (AvgIpc) is 3.83. The molecule has 0 aliphatic heterocycles. The van der Waals surface area contributed by atoms with Gasteiger partial charge in [-0.05, 0) is 135 Å². The fourth-order valence-electron chi connectivity index (χ4n) is 11.2. The van der Waals surface area contributed by atoms with E-state index in [0.29, 0.717) is 0 Å². The summed E-state index contributed by atoms with van der Waals surface area (Å²) >= 11 is 0. The molecule has 0 saturated carbocycles. The normalized spacial score (nSPS) is 18.0. The minimum Gasteiger partial charge on any atom is -0.332 e. The number of aryl methyl sites for hydroxylation is 1. The van der Waals surface area contributed by atoms with E-state index in [1.54, 1.807) is 0 Å². The number of hydrogen-bond donors (Lipinski definition) is 0. The summed E-state index contributed by atoms with van der Waals surface area (Å²) in [5, 5.41) is 9.36. The molecular weight excluding hydrogens is 725 g/mol. The van der Waals surface area contributed by atoms with Crippen LogP contribution in [0.3, 0.4) is 0 Å². The van der Waals surface area contributed by atoms with Crippen molar-refractivity contribution < 1.29 is 0 Å². The van der Waals surface area contributed by atoms with Crippen molar-refractivity contribution in [1.82, 2.24) is 9.13 Å². The van der Waals surface area contributed by atoms with Gasteiger partial charge in [-0.1, -0.05) is 146 Å². The Morgan fingerprint density at radius 3 is 2.03 bits per heavy atom. The molecule has 0 radical (unpaired) electrons. The molecule has 4 aliphatic carbocycles. The number of allylic oxidation sites excluding steroid dienone is 10. The number of rotatable bonds is 4. The highest BCUT2D eigenvalue weighted by Crippen LogP contribution is 2.46. The second-order valence-electron chi connectivity index (χ2n) is 17.0. The Morgan fingerprint density at radius 2 is 1.15 bits per heavy atom. The average molecular weight is 767 g/mol. The van der Waals surface area contributed by atoms with E-state index in [2.05, 4.69) is 203 Å². The Bertz CT molecular complexity index is 3480. The Hall–Kier alpha value is -7.16. The second-order valence-corrected chi connectivity index (χ2v) is 17.0. The van der Waals surface area contributed by atoms with Crippen LogP contribution in [0, 0.1) is 5.92 Å². The van der Waals surface area contributed by atoms with Gasteiger partial charge in [0.25, 0.3) is 0 Å². The van der Waals surface area contributed by atoms with Crippen molar-refractivity contribution in [2.75, 3.05) is 0 Å². The van der Waals surface area contributed by atoms with Crippen LogP contribution < -0.4 is 0 Å². The topological polar surface area (TPSA) is 9.86 Å². The molecule has 9 aromatic rings. The van der Waals surface area contributed by atoms with Crippen LogP contribution in [-0.4, -0.2) is 9.13 Å². The fourth-order valence-corrected chi connectivity index (χ4v) is 11.2. The number of hydrogen-bond acceptors (Lipinski definition) is 0. The first-order chi connectivity index (χ1) is 29.8. The van der Waals surface area contributed by atoms with E-state index in [-0.39, 0.29) is 12.0 Å². The summed E-state index contributed by atoms with van der Waals surface area (Å²) in [6.45, 7) is 0. The van der Waals surface area contributed by atoms with Crippen LogP contribution in [-0.2, 0) is 12.8 Å². The van der Waals surface area contributed by atoms with E-state index in [4.69, 9.17) is 0 Å². The molecule has 2 heterocycles. The highest BCUT2D eigenvalue weighted by molar-refractivity contribution is 6.14. The maximum atomic E-state index is 2.60. The number of benzene rings is 7. The predicted octanol–water partition coefficient (Wildman–Crippen LogP) is 14.9. The van der Waals surface area contributed by atoms with Crippen molar-refractivity contribution in [2.45, 2.75) is 31.7 Å². The zero-order chi connectivity index (χ0) is 39.3. The first-order valence-corrected chi connectivity index (χ1v) is 21.6. The number of nitrogens with zero attached hydrogens (tertiary/aromatic N) is 2. The summed E-state index contributed by atoms with van der Waals surface area (Å²) in [6.07, 6.45) is 27.8. The predicted molar refractivity (Wildman–Crippen MR) is 255 cm³/mol. The van der Waals surface area contributed by atoms with Gasteiger partial charge in [0, 0.05) is 50.1 Å². The Morgan fingerprint density at radius 1 is 0.450 bits per heavy atom. The van der Waals surface area contributed by atoms with Gasteiger partial charge >= 0.3 is 0 Å². The molecule has 0 saturated heterocycles. The summed E-state index contributed by atoms with van der Waals surface area (Å²) in [6, 6.07) is 50.4. The lowest BCUT2D eigenvalue weighted by Gasteiger charge is -2.33. The van der Waals surface area contributed by atoms with E-state index >= 15 is 0 Å². The van der Waals surface area contributed by atoms with Gasteiger partial charge in [0.1, 0.15) is 0 Å². The third-order valence-electron chi connectivity index (χ3n) is 13.8. The van der Waals surface area contributed by atoms with Crippen LogP contribution in [0.2, 0.25) is 0 Å². The Labute approximate surface area is 349 Å². The molecular formula is C58H42N2. The lowest BCUT2D eigenvalue weighted by atomic mass is 9.78. The van der Waals surface area contributed by atoms with Gasteiger partial charge in [0.05, 0.1) is 11.6 Å². The molecule has 284 valence electrons. The first-order valence-electron chi connectivity index (χ1n) is 21.6. The summed E-state index contributed by atoms with van der Waals surface area (Å²) in [7, 11) is 0. The lowest BCUT2D eigenvalue weighted by molar-refractivity contribution is 0.536.